The molecule has 5 heteroatoms. The summed E-state index contributed by atoms with van der Waals surface area (Å²) in [7, 11) is 0. The van der Waals surface area contributed by atoms with Crippen molar-refractivity contribution in [3.05, 3.63) is 29.8 Å². The lowest BCUT2D eigenvalue weighted by atomic mass is 9.95. The molecule has 2 unspecified atom stereocenters. The normalized spacial score (nSPS) is 13.9. The van der Waals surface area contributed by atoms with E-state index in [1.165, 1.54) is 24.3 Å². The minimum Gasteiger partial charge on any atom is -0.508 e. The highest BCUT2D eigenvalue weighted by atomic mass is 16.4. The van der Waals surface area contributed by atoms with Gasteiger partial charge in [-0.05, 0) is 17.7 Å². The predicted molar refractivity (Wildman–Crippen MR) is 51.8 cm³/mol. The van der Waals surface area contributed by atoms with E-state index in [9.17, 15) is 4.79 Å². The van der Waals surface area contributed by atoms with Crippen LogP contribution < -0.4 is 5.73 Å². The Balaban J connectivity index is 2.93. The number of phenols is 1. The minimum atomic E-state index is -1.28. The lowest BCUT2D eigenvalue weighted by molar-refractivity contribution is -0.140. The molecule has 78 valence electrons. The van der Waals surface area contributed by atoms with E-state index in [0.717, 1.165) is 0 Å². The fraction of sp³-hybridized carbons (Fsp3) is 0.200. The van der Waals surface area contributed by atoms with Crippen LogP contribution in [0.25, 0.3) is 0 Å². The third-order valence-corrected chi connectivity index (χ3v) is 2.04. The van der Waals surface area contributed by atoms with Crippen LogP contribution in [-0.2, 0) is 4.79 Å². The molecule has 0 bridgehead atoms. The fourth-order valence-electron chi connectivity index (χ4n) is 1.18. The molecule has 4 N–H and O–H groups in total. The maximum atomic E-state index is 10.7. The summed E-state index contributed by atoms with van der Waals surface area (Å²) >= 11 is 0. The van der Waals surface area contributed by atoms with Gasteiger partial charge in [0.25, 0.3) is 0 Å². The smallest absolute Gasteiger partial charge is 0.322 e. The number of aromatic hydroxyl groups is 1. The molecule has 0 heterocycles. The van der Waals surface area contributed by atoms with Gasteiger partial charge in [-0.2, -0.15) is 5.26 Å². The Bertz CT molecular complexity index is 394. The highest BCUT2D eigenvalue weighted by molar-refractivity contribution is 5.74. The van der Waals surface area contributed by atoms with Crippen LogP contribution in [0.4, 0.5) is 0 Å². The first-order valence-electron chi connectivity index (χ1n) is 4.23. The van der Waals surface area contributed by atoms with E-state index in [2.05, 4.69) is 0 Å². The second kappa shape index (κ2) is 4.44. The maximum Gasteiger partial charge on any atom is 0.322 e. The molecule has 0 saturated carbocycles. The van der Waals surface area contributed by atoms with Gasteiger partial charge >= 0.3 is 5.97 Å². The van der Waals surface area contributed by atoms with Crippen molar-refractivity contribution < 1.29 is 15.0 Å². The number of carboxylic acids is 1. The zero-order chi connectivity index (χ0) is 11.4. The molecule has 0 aliphatic heterocycles. The van der Waals surface area contributed by atoms with E-state index in [1.807, 2.05) is 0 Å². The second-order valence-corrected chi connectivity index (χ2v) is 3.06. The van der Waals surface area contributed by atoms with Crippen LogP contribution >= 0.6 is 0 Å². The molecule has 0 fully saturated rings. The quantitative estimate of drug-likeness (QED) is 0.671. The predicted octanol–water partition coefficient (Wildman–Crippen LogP) is 0.616. The van der Waals surface area contributed by atoms with E-state index in [4.69, 9.17) is 21.2 Å². The third-order valence-electron chi connectivity index (χ3n) is 2.04. The molecule has 0 radical (unpaired) electrons. The fourth-order valence-corrected chi connectivity index (χ4v) is 1.18. The highest BCUT2D eigenvalue weighted by Gasteiger charge is 2.26. The molecule has 0 saturated heterocycles. The molecule has 5 nitrogen and oxygen atoms in total. The van der Waals surface area contributed by atoms with Gasteiger partial charge in [0.05, 0.1) is 12.1 Å². The molecule has 2 atom stereocenters. The molecule has 0 amide bonds. The van der Waals surface area contributed by atoms with Crippen molar-refractivity contribution in [3.63, 3.8) is 0 Å². The van der Waals surface area contributed by atoms with Gasteiger partial charge in [0, 0.05) is 0 Å². The zero-order valence-corrected chi connectivity index (χ0v) is 7.79. The Hall–Kier alpha value is -2.06. The van der Waals surface area contributed by atoms with E-state index in [1.54, 1.807) is 6.07 Å². The molecule has 0 spiro atoms. The molecular formula is C10H10N2O3. The number of rotatable bonds is 3. The molecule has 1 aromatic carbocycles. The average Bonchev–Trinajstić information content (AvgIpc) is 2.19. The number of hydrogen-bond donors (Lipinski definition) is 3. The standard InChI is InChI=1S/C10H10N2O3/c11-5-8(10(14)15)9(12)6-1-3-7(13)4-2-6/h1-4,8-9,13H,12H2,(H,14,15). The molecule has 0 aliphatic carbocycles. The van der Waals surface area contributed by atoms with Crippen molar-refractivity contribution in [2.24, 2.45) is 11.7 Å². The topological polar surface area (TPSA) is 107 Å². The Morgan fingerprint density at radius 1 is 1.40 bits per heavy atom. The Labute approximate surface area is 86.4 Å². The number of nitrogens with zero attached hydrogens (tertiary/aromatic N) is 1. The molecular weight excluding hydrogens is 196 g/mol. The minimum absolute atomic E-state index is 0.0646. The summed E-state index contributed by atoms with van der Waals surface area (Å²) in [5.41, 5.74) is 6.12. The van der Waals surface area contributed by atoms with Gasteiger partial charge in [0.2, 0.25) is 0 Å². The largest absolute Gasteiger partial charge is 0.508 e. The lowest BCUT2D eigenvalue weighted by Gasteiger charge is -2.14. The van der Waals surface area contributed by atoms with Crippen molar-refractivity contribution in [3.8, 4) is 11.8 Å². The zero-order valence-electron chi connectivity index (χ0n) is 7.79. The van der Waals surface area contributed by atoms with E-state index < -0.39 is 17.9 Å². The van der Waals surface area contributed by atoms with Gasteiger partial charge in [-0.3, -0.25) is 4.79 Å². The second-order valence-electron chi connectivity index (χ2n) is 3.06. The van der Waals surface area contributed by atoms with Crippen LogP contribution in [0.5, 0.6) is 5.75 Å². The first-order chi connectivity index (χ1) is 7.06. The summed E-state index contributed by atoms with van der Waals surface area (Å²) in [6.45, 7) is 0. The SMILES string of the molecule is N#CC(C(=O)O)C(N)c1ccc(O)cc1. The van der Waals surface area contributed by atoms with Crippen LogP contribution in [0.1, 0.15) is 11.6 Å². The summed E-state index contributed by atoms with van der Waals surface area (Å²) in [4.78, 5) is 10.7. The lowest BCUT2D eigenvalue weighted by Crippen LogP contribution is -2.26. The summed E-state index contributed by atoms with van der Waals surface area (Å²) in [6, 6.07) is 6.51. The first kappa shape index (κ1) is 11.0. The van der Waals surface area contributed by atoms with Crippen LogP contribution in [0, 0.1) is 17.2 Å². The van der Waals surface area contributed by atoms with E-state index >= 15 is 0 Å². The molecule has 15 heavy (non-hydrogen) atoms. The van der Waals surface area contributed by atoms with Gasteiger partial charge < -0.3 is 15.9 Å². The summed E-state index contributed by atoms with van der Waals surface area (Å²) in [6.07, 6.45) is 0. The summed E-state index contributed by atoms with van der Waals surface area (Å²) in [5.74, 6) is -2.47. The number of phenolic OH excluding ortho intramolecular Hbond substituents is 1. The number of nitriles is 1. The van der Waals surface area contributed by atoms with Gasteiger partial charge in [0.1, 0.15) is 5.75 Å². The van der Waals surface area contributed by atoms with Crippen LogP contribution in [0.3, 0.4) is 0 Å². The van der Waals surface area contributed by atoms with Crippen LogP contribution in [0.2, 0.25) is 0 Å². The monoisotopic (exact) mass is 206 g/mol. The van der Waals surface area contributed by atoms with Crippen molar-refractivity contribution in [2.75, 3.05) is 0 Å². The Morgan fingerprint density at radius 2 is 1.93 bits per heavy atom. The van der Waals surface area contributed by atoms with Gasteiger partial charge in [0.15, 0.2) is 5.92 Å². The summed E-state index contributed by atoms with van der Waals surface area (Å²) in [5, 5.41) is 26.4. The third kappa shape index (κ3) is 2.45. The molecule has 0 aromatic heterocycles. The molecule has 1 rings (SSSR count). The Kier molecular flexibility index (Phi) is 3.26. The first-order valence-corrected chi connectivity index (χ1v) is 4.23. The van der Waals surface area contributed by atoms with Gasteiger partial charge in [-0.15, -0.1) is 0 Å². The van der Waals surface area contributed by atoms with Gasteiger partial charge in [-0.1, -0.05) is 12.1 Å². The average molecular weight is 206 g/mol. The van der Waals surface area contributed by atoms with E-state index in [-0.39, 0.29) is 5.75 Å². The highest BCUT2D eigenvalue weighted by Crippen LogP contribution is 2.21. The van der Waals surface area contributed by atoms with Crippen molar-refractivity contribution in [2.45, 2.75) is 6.04 Å². The maximum absolute atomic E-state index is 10.7. The van der Waals surface area contributed by atoms with Crippen LogP contribution in [-0.4, -0.2) is 16.2 Å². The Morgan fingerprint density at radius 3 is 2.33 bits per heavy atom. The number of nitrogens with two attached hydrogens (primary N) is 1. The van der Waals surface area contributed by atoms with Gasteiger partial charge in [-0.25, -0.2) is 0 Å². The van der Waals surface area contributed by atoms with Crippen molar-refractivity contribution in [1.82, 2.24) is 0 Å². The molecule has 1 aromatic rings. The van der Waals surface area contributed by atoms with Crippen LogP contribution in [0.15, 0.2) is 24.3 Å². The molecule has 0 aliphatic rings. The number of carboxylic acid groups (broad SMARTS) is 1. The number of hydrogen-bond acceptors (Lipinski definition) is 4. The van der Waals surface area contributed by atoms with Crippen molar-refractivity contribution in [1.29, 1.82) is 5.26 Å². The number of carbonyl (C=O) groups is 1. The summed E-state index contributed by atoms with van der Waals surface area (Å²) < 4.78 is 0. The number of benzene rings is 1. The van der Waals surface area contributed by atoms with E-state index in [0.29, 0.717) is 5.56 Å². The number of aliphatic carboxylic acids is 1. The van der Waals surface area contributed by atoms with Crippen molar-refractivity contribution >= 4 is 5.97 Å².